The Morgan fingerprint density at radius 2 is 1.19 bits per heavy atom. The van der Waals surface area contributed by atoms with Crippen molar-refractivity contribution in [3.05, 3.63) is 48.6 Å². The smallest absolute Gasteiger partial charge is 0.0776 e. The lowest BCUT2D eigenvalue weighted by Gasteiger charge is -2.33. The highest BCUT2D eigenvalue weighted by molar-refractivity contribution is 5.25. The van der Waals surface area contributed by atoms with Gasteiger partial charge < -0.3 is 4.74 Å². The third kappa shape index (κ3) is 2.73. The molecule has 0 radical (unpaired) electrons. The molecular weight excluding hydrogens is 196 g/mol. The van der Waals surface area contributed by atoms with Gasteiger partial charge in [0.1, 0.15) is 0 Å². The molecule has 0 aromatic carbocycles. The summed E-state index contributed by atoms with van der Waals surface area (Å²) in [6.45, 7) is 6.35. The maximum atomic E-state index is 6.20. The minimum absolute atomic E-state index is 0.0980. The van der Waals surface area contributed by atoms with E-state index in [4.69, 9.17) is 4.74 Å². The topological polar surface area (TPSA) is 9.23 Å². The van der Waals surface area contributed by atoms with Crippen LogP contribution < -0.4 is 0 Å². The molecule has 0 saturated carbocycles. The number of allylic oxidation sites excluding steroid dienone is 4. The van der Waals surface area contributed by atoms with Crippen molar-refractivity contribution >= 4 is 0 Å². The van der Waals surface area contributed by atoms with Gasteiger partial charge in [-0.1, -0.05) is 48.6 Å². The zero-order valence-corrected chi connectivity index (χ0v) is 10.3. The fourth-order valence-electron chi connectivity index (χ4n) is 2.16. The first-order valence-corrected chi connectivity index (χ1v) is 5.94. The molecular formula is C15H20O. The highest BCUT2D eigenvalue weighted by atomic mass is 16.5. The van der Waals surface area contributed by atoms with Gasteiger partial charge >= 0.3 is 0 Å². The van der Waals surface area contributed by atoms with Gasteiger partial charge in [-0.3, -0.25) is 0 Å². The monoisotopic (exact) mass is 216 g/mol. The van der Waals surface area contributed by atoms with E-state index in [2.05, 4.69) is 69.4 Å². The summed E-state index contributed by atoms with van der Waals surface area (Å²) in [5.74, 6) is 0.799. The van der Waals surface area contributed by atoms with Crippen LogP contribution in [-0.4, -0.2) is 11.7 Å². The van der Waals surface area contributed by atoms with Gasteiger partial charge in [0, 0.05) is 11.8 Å². The standard InChI is InChI=1S/C15H20O/c1-15(2,3)16-14(12-8-4-5-9-12)13-10-6-7-11-13/h4-14H,1-3H3. The molecule has 0 fully saturated rings. The molecule has 0 atom stereocenters. The van der Waals surface area contributed by atoms with Crippen molar-refractivity contribution in [2.75, 3.05) is 0 Å². The van der Waals surface area contributed by atoms with Crippen molar-refractivity contribution in [2.24, 2.45) is 11.8 Å². The Morgan fingerprint density at radius 3 is 1.50 bits per heavy atom. The number of ether oxygens (including phenoxy) is 1. The molecule has 2 aliphatic carbocycles. The van der Waals surface area contributed by atoms with Gasteiger partial charge in [0.05, 0.1) is 11.7 Å². The minimum Gasteiger partial charge on any atom is -0.371 e. The molecule has 0 bridgehead atoms. The van der Waals surface area contributed by atoms with Gasteiger partial charge in [0.15, 0.2) is 0 Å². The molecule has 0 aromatic heterocycles. The van der Waals surface area contributed by atoms with Crippen LogP contribution in [0.2, 0.25) is 0 Å². The van der Waals surface area contributed by atoms with Crippen LogP contribution in [0.5, 0.6) is 0 Å². The second-order valence-corrected chi connectivity index (χ2v) is 5.39. The normalized spacial score (nSPS) is 20.8. The Morgan fingerprint density at radius 1 is 0.812 bits per heavy atom. The van der Waals surface area contributed by atoms with E-state index in [0.29, 0.717) is 11.8 Å². The average molecular weight is 216 g/mol. The Hall–Kier alpha value is -1.08. The fraction of sp³-hybridized carbons (Fsp3) is 0.467. The summed E-state index contributed by atoms with van der Waals surface area (Å²) >= 11 is 0. The maximum absolute atomic E-state index is 6.20. The maximum Gasteiger partial charge on any atom is 0.0776 e. The first-order valence-electron chi connectivity index (χ1n) is 5.94. The summed E-state index contributed by atoms with van der Waals surface area (Å²) in [6, 6.07) is 0. The van der Waals surface area contributed by atoms with Crippen LogP contribution in [0.3, 0.4) is 0 Å². The molecule has 16 heavy (non-hydrogen) atoms. The summed E-state index contributed by atoms with van der Waals surface area (Å²) in [5.41, 5.74) is -0.0980. The largest absolute Gasteiger partial charge is 0.371 e. The van der Waals surface area contributed by atoms with E-state index in [1.165, 1.54) is 0 Å². The van der Waals surface area contributed by atoms with Crippen molar-refractivity contribution in [3.63, 3.8) is 0 Å². The van der Waals surface area contributed by atoms with E-state index in [-0.39, 0.29) is 11.7 Å². The van der Waals surface area contributed by atoms with Crippen LogP contribution >= 0.6 is 0 Å². The molecule has 0 spiro atoms. The summed E-state index contributed by atoms with van der Waals surface area (Å²) in [4.78, 5) is 0. The molecule has 0 unspecified atom stereocenters. The molecule has 2 rings (SSSR count). The highest BCUT2D eigenvalue weighted by Gasteiger charge is 2.30. The quantitative estimate of drug-likeness (QED) is 0.699. The number of hydrogen-bond donors (Lipinski definition) is 0. The number of rotatable bonds is 3. The molecule has 1 heteroatoms. The van der Waals surface area contributed by atoms with Gasteiger partial charge in [-0.15, -0.1) is 0 Å². The fourth-order valence-corrected chi connectivity index (χ4v) is 2.16. The lowest BCUT2D eigenvalue weighted by molar-refractivity contribution is -0.0802. The first kappa shape index (κ1) is 11.4. The van der Waals surface area contributed by atoms with Crippen molar-refractivity contribution in [1.29, 1.82) is 0 Å². The molecule has 0 amide bonds. The van der Waals surface area contributed by atoms with Gasteiger partial charge in [0.2, 0.25) is 0 Å². The summed E-state index contributed by atoms with van der Waals surface area (Å²) in [5, 5.41) is 0. The Labute approximate surface area is 98.2 Å². The van der Waals surface area contributed by atoms with Gasteiger partial charge in [-0.25, -0.2) is 0 Å². The molecule has 0 aliphatic heterocycles. The molecule has 86 valence electrons. The van der Waals surface area contributed by atoms with Crippen LogP contribution in [0, 0.1) is 11.8 Å². The zero-order chi connectivity index (χ0) is 11.6. The van der Waals surface area contributed by atoms with E-state index in [1.54, 1.807) is 0 Å². The van der Waals surface area contributed by atoms with Crippen molar-refractivity contribution in [3.8, 4) is 0 Å². The third-order valence-corrected chi connectivity index (χ3v) is 2.80. The number of hydrogen-bond acceptors (Lipinski definition) is 1. The second kappa shape index (κ2) is 4.42. The average Bonchev–Trinajstić information content (AvgIpc) is 2.86. The first-order chi connectivity index (χ1) is 7.56. The Bertz CT molecular complexity index is 300. The lowest BCUT2D eigenvalue weighted by atomic mass is 9.91. The van der Waals surface area contributed by atoms with Crippen LogP contribution in [0.25, 0.3) is 0 Å². The van der Waals surface area contributed by atoms with Crippen LogP contribution in [-0.2, 0) is 4.74 Å². The lowest BCUT2D eigenvalue weighted by Crippen LogP contribution is -2.35. The third-order valence-electron chi connectivity index (χ3n) is 2.80. The van der Waals surface area contributed by atoms with Crippen molar-refractivity contribution in [1.82, 2.24) is 0 Å². The SMILES string of the molecule is CC(C)(C)OC(C1C=CC=C1)C1C=CC=C1. The van der Waals surface area contributed by atoms with Crippen molar-refractivity contribution < 1.29 is 4.74 Å². The molecule has 0 N–H and O–H groups in total. The molecule has 2 aliphatic rings. The predicted molar refractivity (Wildman–Crippen MR) is 68.2 cm³/mol. The summed E-state index contributed by atoms with van der Waals surface area (Å²) < 4.78 is 6.20. The van der Waals surface area contributed by atoms with Crippen molar-refractivity contribution in [2.45, 2.75) is 32.5 Å². The van der Waals surface area contributed by atoms with Crippen LogP contribution in [0.15, 0.2) is 48.6 Å². The highest BCUT2D eigenvalue weighted by Crippen LogP contribution is 2.30. The minimum atomic E-state index is -0.0980. The summed E-state index contributed by atoms with van der Waals surface area (Å²) in [7, 11) is 0. The summed E-state index contributed by atoms with van der Waals surface area (Å²) in [6.07, 6.45) is 17.5. The van der Waals surface area contributed by atoms with E-state index < -0.39 is 0 Å². The zero-order valence-electron chi connectivity index (χ0n) is 10.3. The van der Waals surface area contributed by atoms with Gasteiger partial charge in [-0.2, -0.15) is 0 Å². The van der Waals surface area contributed by atoms with Gasteiger partial charge in [-0.05, 0) is 20.8 Å². The molecule has 1 nitrogen and oxygen atoms in total. The van der Waals surface area contributed by atoms with Crippen LogP contribution in [0.1, 0.15) is 20.8 Å². The van der Waals surface area contributed by atoms with E-state index >= 15 is 0 Å². The Kier molecular flexibility index (Phi) is 3.15. The van der Waals surface area contributed by atoms with Gasteiger partial charge in [0.25, 0.3) is 0 Å². The molecule has 0 saturated heterocycles. The van der Waals surface area contributed by atoms with E-state index in [9.17, 15) is 0 Å². The second-order valence-electron chi connectivity index (χ2n) is 5.39. The van der Waals surface area contributed by atoms with Crippen LogP contribution in [0.4, 0.5) is 0 Å². The predicted octanol–water partition coefficient (Wildman–Crippen LogP) is 3.65. The van der Waals surface area contributed by atoms with E-state index in [1.807, 2.05) is 0 Å². The van der Waals surface area contributed by atoms with E-state index in [0.717, 1.165) is 0 Å². The molecule has 0 aromatic rings. The Balaban J connectivity index is 2.12. The molecule has 0 heterocycles.